The second-order valence-corrected chi connectivity index (χ2v) is 6.75. The number of hydrogen-bond donors (Lipinski definition) is 2. The molecule has 96 valence electrons. The van der Waals surface area contributed by atoms with Crippen molar-refractivity contribution in [3.8, 4) is 0 Å². The lowest BCUT2D eigenvalue weighted by atomic mass is 9.92. The number of rotatable bonds is 4. The molecule has 0 saturated heterocycles. The molecular weight excluding hydrogens is 369 g/mol. The van der Waals surface area contributed by atoms with E-state index in [1.54, 1.807) is 0 Å². The van der Waals surface area contributed by atoms with E-state index in [0.29, 0.717) is 11.6 Å². The maximum absolute atomic E-state index is 10.2. The monoisotopic (exact) mass is 383 g/mol. The normalized spacial score (nSPS) is 14.8. The fourth-order valence-corrected chi connectivity index (χ4v) is 3.13. The summed E-state index contributed by atoms with van der Waals surface area (Å²) in [5.41, 5.74) is 0.147. The molecule has 1 aromatic carbocycles. The van der Waals surface area contributed by atoms with Gasteiger partial charge in [0.2, 0.25) is 0 Å². The van der Waals surface area contributed by atoms with E-state index in [1.165, 1.54) is 0 Å². The molecule has 0 bridgehead atoms. The summed E-state index contributed by atoms with van der Waals surface area (Å²) in [6.45, 7) is 6.28. The smallest absolute Gasteiger partial charge is 0.0814 e. The Labute approximate surface area is 124 Å². The zero-order valence-corrected chi connectivity index (χ0v) is 13.9. The third-order valence-corrected chi connectivity index (χ3v) is 4.34. The fourth-order valence-electron chi connectivity index (χ4n) is 1.18. The molecule has 1 unspecified atom stereocenters. The van der Waals surface area contributed by atoms with E-state index in [4.69, 9.17) is 11.6 Å². The maximum Gasteiger partial charge on any atom is 0.0814 e. The van der Waals surface area contributed by atoms with Crippen LogP contribution < -0.4 is 5.32 Å². The van der Waals surface area contributed by atoms with Gasteiger partial charge in [0.1, 0.15) is 0 Å². The lowest BCUT2D eigenvalue weighted by Crippen LogP contribution is -2.38. The van der Waals surface area contributed by atoms with Crippen LogP contribution in [-0.4, -0.2) is 17.3 Å². The molecule has 0 amide bonds. The maximum atomic E-state index is 10.2. The van der Waals surface area contributed by atoms with Gasteiger partial charge in [0.25, 0.3) is 0 Å². The lowest BCUT2D eigenvalue weighted by molar-refractivity contribution is 0.0266. The van der Waals surface area contributed by atoms with Gasteiger partial charge in [0, 0.05) is 20.5 Å². The first-order chi connectivity index (χ1) is 7.74. The van der Waals surface area contributed by atoms with Gasteiger partial charge in [-0.2, -0.15) is 0 Å². The van der Waals surface area contributed by atoms with Gasteiger partial charge >= 0.3 is 0 Å². The molecule has 2 N–H and O–H groups in total. The quantitative estimate of drug-likeness (QED) is 0.788. The van der Waals surface area contributed by atoms with Crippen molar-refractivity contribution in [1.29, 1.82) is 0 Å². The summed E-state index contributed by atoms with van der Waals surface area (Å²) in [4.78, 5) is 0. The molecule has 1 atom stereocenters. The van der Waals surface area contributed by atoms with E-state index in [2.05, 4.69) is 37.2 Å². The topological polar surface area (TPSA) is 32.3 Å². The Hall–Kier alpha value is 0.230. The Bertz CT molecular complexity index is 384. The highest BCUT2D eigenvalue weighted by atomic mass is 79.9. The summed E-state index contributed by atoms with van der Waals surface area (Å²) in [7, 11) is 0. The van der Waals surface area contributed by atoms with Crippen LogP contribution in [-0.2, 0) is 0 Å². The predicted octanol–water partition coefficient (Wildman–Crippen LogP) is 4.68. The summed E-state index contributed by atoms with van der Waals surface area (Å²) in [5.74, 6) is 0.180. The van der Waals surface area contributed by atoms with Crippen molar-refractivity contribution in [3.05, 3.63) is 26.1 Å². The molecule has 0 spiro atoms. The third kappa shape index (κ3) is 4.12. The van der Waals surface area contributed by atoms with Crippen LogP contribution in [0.25, 0.3) is 0 Å². The highest BCUT2D eigenvalue weighted by molar-refractivity contribution is 9.11. The average molecular weight is 386 g/mol. The summed E-state index contributed by atoms with van der Waals surface area (Å²) < 4.78 is 1.74. The molecule has 0 heterocycles. The first kappa shape index (κ1) is 15.3. The summed E-state index contributed by atoms with van der Waals surface area (Å²) in [5, 5.41) is 14.1. The summed E-state index contributed by atoms with van der Waals surface area (Å²) in [6, 6.07) is 3.64. The van der Waals surface area contributed by atoms with E-state index >= 15 is 0 Å². The Balaban J connectivity index is 2.83. The van der Waals surface area contributed by atoms with Crippen LogP contribution in [0.4, 0.5) is 5.69 Å². The third-order valence-electron chi connectivity index (χ3n) is 2.87. The average Bonchev–Trinajstić information content (AvgIpc) is 2.15. The number of benzene rings is 1. The molecule has 0 aliphatic rings. The Morgan fingerprint density at radius 3 is 2.24 bits per heavy atom. The molecule has 0 aliphatic heterocycles. The number of hydrogen-bond acceptors (Lipinski definition) is 2. The van der Waals surface area contributed by atoms with Gasteiger partial charge in [0.05, 0.1) is 11.3 Å². The Morgan fingerprint density at radius 1 is 1.35 bits per heavy atom. The van der Waals surface area contributed by atoms with Crippen molar-refractivity contribution < 1.29 is 5.11 Å². The van der Waals surface area contributed by atoms with E-state index in [1.807, 2.05) is 32.9 Å². The van der Waals surface area contributed by atoms with E-state index in [0.717, 1.165) is 14.6 Å². The molecule has 0 fully saturated rings. The van der Waals surface area contributed by atoms with E-state index in [9.17, 15) is 5.11 Å². The first-order valence-corrected chi connectivity index (χ1v) is 7.31. The second kappa shape index (κ2) is 5.91. The van der Waals surface area contributed by atoms with Crippen LogP contribution in [0, 0.1) is 5.92 Å². The van der Waals surface area contributed by atoms with Crippen LogP contribution >= 0.6 is 43.5 Å². The van der Waals surface area contributed by atoms with Crippen LogP contribution in [0.1, 0.15) is 20.8 Å². The summed E-state index contributed by atoms with van der Waals surface area (Å²) in [6.07, 6.45) is 0. The predicted molar refractivity (Wildman–Crippen MR) is 80.8 cm³/mol. The van der Waals surface area contributed by atoms with Crippen molar-refractivity contribution in [1.82, 2.24) is 0 Å². The molecule has 0 aliphatic carbocycles. The minimum atomic E-state index is -0.751. The van der Waals surface area contributed by atoms with E-state index in [-0.39, 0.29) is 5.92 Å². The van der Waals surface area contributed by atoms with Gasteiger partial charge in [-0.05, 0) is 56.8 Å². The van der Waals surface area contributed by atoms with Crippen molar-refractivity contribution >= 4 is 49.1 Å². The number of halogens is 3. The highest BCUT2D eigenvalue weighted by Gasteiger charge is 2.25. The number of nitrogens with one attached hydrogen (secondary N) is 1. The largest absolute Gasteiger partial charge is 0.388 e. The standard InChI is InChI=1S/C12H16Br2ClNO/c1-7(2)12(3,17)6-16-11-9(13)4-8(15)5-10(11)14/h4-5,7,16-17H,6H2,1-3H3. The molecule has 0 aromatic heterocycles. The highest BCUT2D eigenvalue weighted by Crippen LogP contribution is 2.34. The zero-order chi connectivity index (χ0) is 13.2. The molecule has 0 radical (unpaired) electrons. The van der Waals surface area contributed by atoms with Crippen molar-refractivity contribution in [3.63, 3.8) is 0 Å². The second-order valence-electron chi connectivity index (χ2n) is 4.61. The van der Waals surface area contributed by atoms with Gasteiger partial charge in [-0.3, -0.25) is 0 Å². The van der Waals surface area contributed by atoms with Crippen LogP contribution in [0.5, 0.6) is 0 Å². The molecule has 2 nitrogen and oxygen atoms in total. The van der Waals surface area contributed by atoms with Crippen molar-refractivity contribution in [2.45, 2.75) is 26.4 Å². The molecule has 17 heavy (non-hydrogen) atoms. The van der Waals surface area contributed by atoms with Gasteiger partial charge in [0.15, 0.2) is 0 Å². The molecule has 0 saturated carbocycles. The molecule has 5 heteroatoms. The van der Waals surface area contributed by atoms with E-state index < -0.39 is 5.60 Å². The number of anilines is 1. The lowest BCUT2D eigenvalue weighted by Gasteiger charge is -2.28. The first-order valence-electron chi connectivity index (χ1n) is 5.35. The van der Waals surface area contributed by atoms with Crippen molar-refractivity contribution in [2.75, 3.05) is 11.9 Å². The number of aliphatic hydroxyl groups is 1. The van der Waals surface area contributed by atoms with Crippen LogP contribution in [0.2, 0.25) is 5.02 Å². The van der Waals surface area contributed by atoms with Gasteiger partial charge < -0.3 is 10.4 Å². The summed E-state index contributed by atoms with van der Waals surface area (Å²) >= 11 is 12.8. The minimum Gasteiger partial charge on any atom is -0.388 e. The Morgan fingerprint density at radius 2 is 1.82 bits per heavy atom. The molecule has 1 aromatic rings. The van der Waals surface area contributed by atoms with Crippen molar-refractivity contribution in [2.24, 2.45) is 5.92 Å². The van der Waals surface area contributed by atoms with Gasteiger partial charge in [-0.1, -0.05) is 25.4 Å². The molecule has 1 rings (SSSR count). The SMILES string of the molecule is CC(C)C(C)(O)CNc1c(Br)cc(Cl)cc1Br. The Kier molecular flexibility index (Phi) is 5.32. The molecular formula is C12H16Br2ClNO. The minimum absolute atomic E-state index is 0.180. The zero-order valence-electron chi connectivity index (χ0n) is 10.0. The van der Waals surface area contributed by atoms with Gasteiger partial charge in [-0.15, -0.1) is 0 Å². The fraction of sp³-hybridized carbons (Fsp3) is 0.500. The van der Waals surface area contributed by atoms with Crippen LogP contribution in [0.3, 0.4) is 0 Å². The van der Waals surface area contributed by atoms with Gasteiger partial charge in [-0.25, -0.2) is 0 Å². The van der Waals surface area contributed by atoms with Crippen LogP contribution in [0.15, 0.2) is 21.1 Å².